The van der Waals surface area contributed by atoms with Crippen LogP contribution in [-0.2, 0) is 10.0 Å². The number of nitro groups is 1. The molecule has 0 aliphatic rings. The van der Waals surface area contributed by atoms with Crippen molar-refractivity contribution in [3.05, 3.63) is 93.8 Å². The van der Waals surface area contributed by atoms with E-state index in [0.29, 0.717) is 11.3 Å². The summed E-state index contributed by atoms with van der Waals surface area (Å²) in [5, 5.41) is 13.6. The number of nitro benzene ring substituents is 1. The molecule has 0 radical (unpaired) electrons. The summed E-state index contributed by atoms with van der Waals surface area (Å²) in [6.07, 6.45) is 0. The lowest BCUT2D eigenvalue weighted by molar-refractivity contribution is -0.385. The zero-order chi connectivity index (χ0) is 21.9. The highest BCUT2D eigenvalue weighted by molar-refractivity contribution is 7.92. The van der Waals surface area contributed by atoms with Crippen LogP contribution in [0.3, 0.4) is 0 Å². The van der Waals surface area contributed by atoms with Gasteiger partial charge in [-0.2, -0.15) is 0 Å². The summed E-state index contributed by atoms with van der Waals surface area (Å²) in [4.78, 5) is 22.7. The minimum atomic E-state index is -3.89. The van der Waals surface area contributed by atoms with Crippen molar-refractivity contribution in [1.82, 2.24) is 0 Å². The van der Waals surface area contributed by atoms with Crippen LogP contribution in [0.4, 0.5) is 21.5 Å². The number of benzene rings is 3. The van der Waals surface area contributed by atoms with Gasteiger partial charge in [0.1, 0.15) is 5.82 Å². The number of aryl methyl sites for hydroxylation is 1. The molecule has 3 rings (SSSR count). The van der Waals surface area contributed by atoms with Gasteiger partial charge < -0.3 is 5.32 Å². The van der Waals surface area contributed by atoms with Crippen LogP contribution in [0.1, 0.15) is 15.9 Å². The molecule has 0 saturated carbocycles. The van der Waals surface area contributed by atoms with E-state index in [1.54, 1.807) is 6.92 Å². The summed E-state index contributed by atoms with van der Waals surface area (Å²) in [6, 6.07) is 14.4. The van der Waals surface area contributed by atoms with Gasteiger partial charge >= 0.3 is 0 Å². The number of nitrogens with zero attached hydrogens (tertiary/aromatic N) is 1. The second-order valence-electron chi connectivity index (χ2n) is 6.35. The van der Waals surface area contributed by atoms with E-state index in [1.165, 1.54) is 42.5 Å². The molecule has 0 saturated heterocycles. The zero-order valence-corrected chi connectivity index (χ0v) is 16.4. The third kappa shape index (κ3) is 4.78. The first kappa shape index (κ1) is 20.9. The molecular formula is C20H16FN3O5S. The summed E-state index contributed by atoms with van der Waals surface area (Å²) < 4.78 is 40.0. The first-order chi connectivity index (χ1) is 14.2. The van der Waals surface area contributed by atoms with E-state index in [-0.39, 0.29) is 21.8 Å². The molecule has 8 nitrogen and oxygen atoms in total. The largest absolute Gasteiger partial charge is 0.322 e. The quantitative estimate of drug-likeness (QED) is 0.452. The van der Waals surface area contributed by atoms with E-state index in [4.69, 9.17) is 0 Å². The van der Waals surface area contributed by atoms with Gasteiger partial charge in [0.25, 0.3) is 21.6 Å². The second kappa shape index (κ2) is 8.29. The van der Waals surface area contributed by atoms with Gasteiger partial charge in [0.15, 0.2) is 0 Å². The van der Waals surface area contributed by atoms with Crippen LogP contribution >= 0.6 is 0 Å². The van der Waals surface area contributed by atoms with Crippen LogP contribution in [0, 0.1) is 22.9 Å². The average molecular weight is 429 g/mol. The summed E-state index contributed by atoms with van der Waals surface area (Å²) in [5.74, 6) is -1.09. The van der Waals surface area contributed by atoms with Crippen molar-refractivity contribution in [2.45, 2.75) is 11.8 Å². The molecule has 3 aromatic rings. The Morgan fingerprint density at radius 3 is 2.17 bits per heavy atom. The number of rotatable bonds is 6. The maximum Gasteiger partial charge on any atom is 0.273 e. The summed E-state index contributed by atoms with van der Waals surface area (Å²) in [7, 11) is -3.89. The molecule has 2 N–H and O–H groups in total. The molecule has 0 atom stereocenters. The topological polar surface area (TPSA) is 118 Å². The third-order valence-electron chi connectivity index (χ3n) is 4.19. The Kier molecular flexibility index (Phi) is 5.79. The first-order valence-electron chi connectivity index (χ1n) is 8.60. The van der Waals surface area contributed by atoms with Crippen LogP contribution in [0.15, 0.2) is 71.6 Å². The number of anilines is 2. The number of carbonyl (C=O) groups excluding carboxylic acids is 1. The number of hydrogen-bond donors (Lipinski definition) is 2. The number of halogens is 1. The molecule has 3 aromatic carbocycles. The summed E-state index contributed by atoms with van der Waals surface area (Å²) >= 11 is 0. The van der Waals surface area contributed by atoms with Crippen molar-refractivity contribution in [2.75, 3.05) is 10.0 Å². The van der Waals surface area contributed by atoms with Gasteiger partial charge in [0.2, 0.25) is 0 Å². The Bertz CT molecular complexity index is 1210. The van der Waals surface area contributed by atoms with Gasteiger partial charge in [-0.1, -0.05) is 6.07 Å². The van der Waals surface area contributed by atoms with Crippen molar-refractivity contribution < 1.29 is 22.5 Å². The molecule has 0 spiro atoms. The maximum absolute atomic E-state index is 13.0. The monoisotopic (exact) mass is 429 g/mol. The Hall–Kier alpha value is -3.79. The highest BCUT2D eigenvalue weighted by atomic mass is 32.2. The normalized spacial score (nSPS) is 11.0. The van der Waals surface area contributed by atoms with Gasteiger partial charge in [-0.05, 0) is 61.5 Å². The molecule has 1 amide bonds. The van der Waals surface area contributed by atoms with Crippen LogP contribution in [0.5, 0.6) is 0 Å². The molecule has 0 bridgehead atoms. The fourth-order valence-corrected chi connectivity index (χ4v) is 3.66. The van der Waals surface area contributed by atoms with Crippen molar-refractivity contribution in [2.24, 2.45) is 0 Å². The number of sulfonamides is 1. The van der Waals surface area contributed by atoms with Gasteiger partial charge in [-0.3, -0.25) is 19.6 Å². The van der Waals surface area contributed by atoms with Crippen molar-refractivity contribution in [3.8, 4) is 0 Å². The highest BCUT2D eigenvalue weighted by Crippen LogP contribution is 2.22. The van der Waals surface area contributed by atoms with Crippen molar-refractivity contribution >= 4 is 33.0 Å². The smallest absolute Gasteiger partial charge is 0.273 e. The molecule has 0 aliphatic heterocycles. The lowest BCUT2D eigenvalue weighted by atomic mass is 10.1. The van der Waals surface area contributed by atoms with E-state index < -0.39 is 26.7 Å². The standard InChI is InChI=1S/C20H16FN3O5S/c1-13-2-3-14(12-19(13)24(26)27)20(25)22-16-6-8-17(9-7-16)23-30(28,29)18-10-4-15(21)5-11-18/h2-12,23H,1H3,(H,22,25). The predicted molar refractivity (Wildman–Crippen MR) is 109 cm³/mol. The third-order valence-corrected chi connectivity index (χ3v) is 5.58. The molecule has 30 heavy (non-hydrogen) atoms. The molecule has 0 fully saturated rings. The van der Waals surface area contributed by atoms with Crippen LogP contribution < -0.4 is 10.0 Å². The fraction of sp³-hybridized carbons (Fsp3) is 0.0500. The number of carbonyl (C=O) groups is 1. The van der Waals surface area contributed by atoms with Crippen LogP contribution in [0.2, 0.25) is 0 Å². The minimum Gasteiger partial charge on any atom is -0.322 e. The molecular weight excluding hydrogens is 413 g/mol. The lowest BCUT2D eigenvalue weighted by Gasteiger charge is -2.10. The Morgan fingerprint density at radius 2 is 1.57 bits per heavy atom. The van der Waals surface area contributed by atoms with Gasteiger partial charge in [0.05, 0.1) is 9.82 Å². The number of hydrogen-bond acceptors (Lipinski definition) is 5. The van der Waals surface area contributed by atoms with Crippen molar-refractivity contribution in [3.63, 3.8) is 0 Å². The Morgan fingerprint density at radius 1 is 0.967 bits per heavy atom. The van der Waals surface area contributed by atoms with E-state index in [2.05, 4.69) is 10.0 Å². The maximum atomic E-state index is 13.0. The van der Waals surface area contributed by atoms with Gasteiger partial charge in [-0.25, -0.2) is 12.8 Å². The molecule has 0 aliphatic carbocycles. The second-order valence-corrected chi connectivity index (χ2v) is 8.03. The molecule has 154 valence electrons. The van der Waals surface area contributed by atoms with Crippen molar-refractivity contribution in [1.29, 1.82) is 0 Å². The fourth-order valence-electron chi connectivity index (χ4n) is 2.60. The van der Waals surface area contributed by atoms with E-state index in [9.17, 15) is 27.7 Å². The minimum absolute atomic E-state index is 0.0951. The average Bonchev–Trinajstić information content (AvgIpc) is 2.69. The Labute approximate surface area is 171 Å². The summed E-state index contributed by atoms with van der Waals surface area (Å²) in [5.41, 5.74) is 1.01. The van der Waals surface area contributed by atoms with E-state index in [0.717, 1.165) is 24.3 Å². The zero-order valence-electron chi connectivity index (χ0n) is 15.6. The highest BCUT2D eigenvalue weighted by Gasteiger charge is 2.16. The predicted octanol–water partition coefficient (Wildman–Crippen LogP) is 4.10. The van der Waals surface area contributed by atoms with Gasteiger partial charge in [0, 0.05) is 28.6 Å². The summed E-state index contributed by atoms with van der Waals surface area (Å²) in [6.45, 7) is 1.57. The molecule has 0 aromatic heterocycles. The SMILES string of the molecule is Cc1ccc(C(=O)Nc2ccc(NS(=O)(=O)c3ccc(F)cc3)cc2)cc1[N+](=O)[O-]. The molecule has 0 unspecified atom stereocenters. The van der Waals surface area contributed by atoms with Crippen LogP contribution in [-0.4, -0.2) is 19.2 Å². The van der Waals surface area contributed by atoms with Crippen LogP contribution in [0.25, 0.3) is 0 Å². The molecule has 10 heteroatoms. The lowest BCUT2D eigenvalue weighted by Crippen LogP contribution is -2.14. The number of amides is 1. The molecule has 0 heterocycles. The van der Waals surface area contributed by atoms with E-state index >= 15 is 0 Å². The number of nitrogens with one attached hydrogen (secondary N) is 2. The first-order valence-corrected chi connectivity index (χ1v) is 10.1. The van der Waals surface area contributed by atoms with E-state index in [1.807, 2.05) is 0 Å². The Balaban J connectivity index is 1.71. The van der Waals surface area contributed by atoms with Gasteiger partial charge in [-0.15, -0.1) is 0 Å².